The monoisotopic (exact) mass is 331 g/mol. The third kappa shape index (κ3) is 3.59. The van der Waals surface area contributed by atoms with E-state index in [1.165, 1.54) is 16.8 Å². The molecule has 0 saturated carbocycles. The Kier molecular flexibility index (Phi) is 4.16. The maximum Gasteiger partial charge on any atom is 0.289 e. The minimum absolute atomic E-state index is 0.209. The summed E-state index contributed by atoms with van der Waals surface area (Å²) in [4.78, 5) is 8.78. The van der Waals surface area contributed by atoms with Gasteiger partial charge in [-0.15, -0.1) is 5.10 Å². The molecule has 3 aromatic rings. The van der Waals surface area contributed by atoms with Crippen molar-refractivity contribution in [3.05, 3.63) is 52.4 Å². The van der Waals surface area contributed by atoms with Gasteiger partial charge in [0.15, 0.2) is 0 Å². The lowest BCUT2D eigenvalue weighted by Gasteiger charge is -2.05. The second kappa shape index (κ2) is 6.25. The molecule has 0 fully saturated rings. The summed E-state index contributed by atoms with van der Waals surface area (Å²) in [5.41, 5.74) is 2.39. The van der Waals surface area contributed by atoms with Crippen molar-refractivity contribution in [3.8, 4) is 11.5 Å². The number of aromatic nitrogens is 4. The number of hydrogen-bond donors (Lipinski definition) is 1. The Morgan fingerprint density at radius 3 is 2.48 bits per heavy atom. The fourth-order valence-corrected chi connectivity index (χ4v) is 2.25. The number of nitrogens with zero attached hydrogens (tertiary/aromatic N) is 4. The fraction of sp³-hybridized carbons (Fsp3) is 0.200. The Hall–Kier alpha value is -2.61. The van der Waals surface area contributed by atoms with Crippen LogP contribution >= 0.6 is 12.2 Å². The van der Waals surface area contributed by atoms with Crippen LogP contribution in [0.5, 0.6) is 0 Å². The molecule has 0 atom stereocenters. The van der Waals surface area contributed by atoms with Crippen LogP contribution in [-0.2, 0) is 6.67 Å². The van der Waals surface area contributed by atoms with Crippen molar-refractivity contribution in [3.63, 3.8) is 0 Å². The maximum atomic E-state index is 13.0. The first kappa shape index (κ1) is 15.3. The average Bonchev–Trinajstić information content (AvgIpc) is 2.86. The van der Waals surface area contributed by atoms with Crippen LogP contribution in [-0.4, -0.2) is 19.7 Å². The van der Waals surface area contributed by atoms with Crippen LogP contribution in [0.2, 0.25) is 0 Å². The van der Waals surface area contributed by atoms with E-state index in [0.29, 0.717) is 17.4 Å². The Morgan fingerprint density at radius 1 is 1.17 bits per heavy atom. The number of anilines is 1. The van der Waals surface area contributed by atoms with E-state index < -0.39 is 0 Å². The minimum Gasteiger partial charge on any atom is -0.409 e. The molecule has 0 spiro atoms. The van der Waals surface area contributed by atoms with Crippen molar-refractivity contribution in [2.24, 2.45) is 0 Å². The van der Waals surface area contributed by atoms with E-state index in [-0.39, 0.29) is 17.3 Å². The van der Waals surface area contributed by atoms with Crippen LogP contribution < -0.4 is 5.32 Å². The van der Waals surface area contributed by atoms with Gasteiger partial charge in [0.2, 0.25) is 11.8 Å². The average molecular weight is 331 g/mol. The summed E-state index contributed by atoms with van der Waals surface area (Å²) in [7, 11) is 0. The van der Waals surface area contributed by atoms with E-state index in [1.54, 1.807) is 12.1 Å². The minimum atomic E-state index is -0.319. The summed E-state index contributed by atoms with van der Waals surface area (Å²) in [5.74, 6) is 0.509. The second-order valence-corrected chi connectivity index (χ2v) is 5.34. The lowest BCUT2D eigenvalue weighted by Crippen LogP contribution is -2.12. The number of hydrogen-bond acceptors (Lipinski definition) is 6. The molecule has 0 unspecified atom stereocenters. The van der Waals surface area contributed by atoms with Crippen molar-refractivity contribution < 1.29 is 8.81 Å². The summed E-state index contributed by atoms with van der Waals surface area (Å²) >= 11 is 5.14. The normalized spacial score (nSPS) is 10.7. The van der Waals surface area contributed by atoms with Crippen LogP contribution in [0.25, 0.3) is 11.5 Å². The van der Waals surface area contributed by atoms with Gasteiger partial charge in [0.05, 0.1) is 0 Å². The molecule has 0 bridgehead atoms. The van der Waals surface area contributed by atoms with E-state index in [2.05, 4.69) is 20.4 Å². The van der Waals surface area contributed by atoms with Gasteiger partial charge in [-0.3, -0.25) is 0 Å². The summed E-state index contributed by atoms with van der Waals surface area (Å²) in [6, 6.07) is 7.74. The lowest BCUT2D eigenvalue weighted by molar-refractivity contribution is 0.521. The molecule has 1 N–H and O–H groups in total. The molecule has 2 heterocycles. The molecular weight excluding hydrogens is 317 g/mol. The molecule has 2 aromatic heterocycles. The van der Waals surface area contributed by atoms with Gasteiger partial charge in [-0.2, -0.15) is 0 Å². The predicted molar refractivity (Wildman–Crippen MR) is 85.8 cm³/mol. The molecular formula is C15H14FN5OS. The van der Waals surface area contributed by atoms with Crippen molar-refractivity contribution in [2.45, 2.75) is 20.5 Å². The van der Waals surface area contributed by atoms with Crippen molar-refractivity contribution >= 4 is 18.2 Å². The van der Waals surface area contributed by atoms with E-state index in [4.69, 9.17) is 16.6 Å². The van der Waals surface area contributed by atoms with Gasteiger partial charge in [0.1, 0.15) is 12.5 Å². The molecule has 0 aliphatic rings. The van der Waals surface area contributed by atoms with Crippen LogP contribution in [0.4, 0.5) is 10.3 Å². The largest absolute Gasteiger partial charge is 0.409 e. The van der Waals surface area contributed by atoms with E-state index in [0.717, 1.165) is 11.4 Å². The van der Waals surface area contributed by atoms with Crippen molar-refractivity contribution in [1.82, 2.24) is 19.7 Å². The maximum absolute atomic E-state index is 13.0. The quantitative estimate of drug-likeness (QED) is 0.738. The Bertz CT molecular complexity index is 867. The molecule has 1 aromatic carbocycles. The Morgan fingerprint density at radius 2 is 1.83 bits per heavy atom. The first-order valence-electron chi connectivity index (χ1n) is 6.91. The Labute approximate surface area is 137 Å². The summed E-state index contributed by atoms with van der Waals surface area (Å²) in [6.07, 6.45) is 0. The zero-order chi connectivity index (χ0) is 16.4. The van der Waals surface area contributed by atoms with Crippen LogP contribution in [0.1, 0.15) is 11.4 Å². The molecule has 3 rings (SSSR count). The van der Waals surface area contributed by atoms with Crippen LogP contribution in [0.3, 0.4) is 0 Å². The highest BCUT2D eigenvalue weighted by Gasteiger charge is 2.09. The molecule has 0 amide bonds. The second-order valence-electron chi connectivity index (χ2n) is 4.99. The smallest absolute Gasteiger partial charge is 0.289 e. The van der Waals surface area contributed by atoms with Gasteiger partial charge >= 0.3 is 0 Å². The first-order chi connectivity index (χ1) is 11.0. The van der Waals surface area contributed by atoms with E-state index in [9.17, 15) is 4.39 Å². The van der Waals surface area contributed by atoms with Gasteiger partial charge in [0, 0.05) is 17.0 Å². The topological polar surface area (TPSA) is 68.8 Å². The zero-order valence-electron chi connectivity index (χ0n) is 12.6. The van der Waals surface area contributed by atoms with Gasteiger partial charge < -0.3 is 9.73 Å². The van der Waals surface area contributed by atoms with E-state index >= 15 is 0 Å². The SMILES string of the molecule is Cc1cc(C)nc(NCn2nc(-c3ccc(F)cc3)oc2=S)n1. The standard InChI is InChI=1S/C15H14FN5OS/c1-9-7-10(2)19-14(18-9)17-8-21-15(23)22-13(20-21)11-3-5-12(16)6-4-11/h3-7H,8H2,1-2H3,(H,17,18,19). The third-order valence-corrected chi connectivity index (χ3v) is 3.36. The molecule has 23 heavy (non-hydrogen) atoms. The molecule has 6 nitrogen and oxygen atoms in total. The number of benzene rings is 1. The molecule has 8 heteroatoms. The highest BCUT2D eigenvalue weighted by atomic mass is 32.1. The lowest BCUT2D eigenvalue weighted by atomic mass is 10.2. The number of halogens is 1. The summed E-state index contributed by atoms with van der Waals surface area (Å²) in [5, 5.41) is 7.32. The van der Waals surface area contributed by atoms with Gasteiger partial charge in [-0.25, -0.2) is 19.0 Å². The zero-order valence-corrected chi connectivity index (χ0v) is 13.4. The van der Waals surface area contributed by atoms with Gasteiger partial charge in [-0.1, -0.05) is 0 Å². The van der Waals surface area contributed by atoms with Gasteiger partial charge in [0.25, 0.3) is 4.84 Å². The van der Waals surface area contributed by atoms with Gasteiger partial charge in [-0.05, 0) is 56.4 Å². The molecule has 0 saturated heterocycles. The fourth-order valence-electron chi connectivity index (χ4n) is 2.07. The molecule has 118 valence electrons. The number of aryl methyl sites for hydroxylation is 2. The van der Waals surface area contributed by atoms with Crippen LogP contribution in [0, 0.1) is 24.5 Å². The van der Waals surface area contributed by atoms with Crippen molar-refractivity contribution in [2.75, 3.05) is 5.32 Å². The van der Waals surface area contributed by atoms with E-state index in [1.807, 2.05) is 19.9 Å². The number of rotatable bonds is 4. The first-order valence-corrected chi connectivity index (χ1v) is 7.32. The van der Waals surface area contributed by atoms with Crippen molar-refractivity contribution in [1.29, 1.82) is 0 Å². The highest BCUT2D eigenvalue weighted by Crippen LogP contribution is 2.18. The molecule has 0 radical (unpaired) electrons. The molecule has 0 aliphatic heterocycles. The molecule has 0 aliphatic carbocycles. The summed E-state index contributed by atoms with van der Waals surface area (Å²) in [6.45, 7) is 4.06. The van der Waals surface area contributed by atoms with Crippen LogP contribution in [0.15, 0.2) is 34.7 Å². The highest BCUT2D eigenvalue weighted by molar-refractivity contribution is 7.71. The Balaban J connectivity index is 1.79. The predicted octanol–water partition coefficient (Wildman–Crippen LogP) is 3.49. The third-order valence-electron chi connectivity index (χ3n) is 3.07. The number of nitrogens with one attached hydrogen (secondary N) is 1. The summed E-state index contributed by atoms with van der Waals surface area (Å²) < 4.78 is 19.9.